The lowest BCUT2D eigenvalue weighted by molar-refractivity contribution is -0.141. The first-order valence-corrected chi connectivity index (χ1v) is 7.62. The number of rotatable bonds is 4. The number of ether oxygens (including phenoxy) is 1. The topological polar surface area (TPSA) is 38.3 Å². The van der Waals surface area contributed by atoms with Crippen LogP contribution in [0.4, 0.5) is 5.69 Å². The summed E-state index contributed by atoms with van der Waals surface area (Å²) in [6.45, 7) is 0. The molecule has 6 heteroatoms. The second-order valence-corrected chi connectivity index (χ2v) is 5.88. The van der Waals surface area contributed by atoms with E-state index in [0.29, 0.717) is 15.6 Å². The minimum absolute atomic E-state index is 0.400. The lowest BCUT2D eigenvalue weighted by atomic mass is 10.1. The van der Waals surface area contributed by atoms with Crippen LogP contribution in [0.5, 0.6) is 0 Å². The molecule has 1 atom stereocenters. The smallest absolute Gasteiger partial charge is 0.333 e. The molecule has 0 radical (unpaired) electrons. The van der Waals surface area contributed by atoms with E-state index in [0.717, 1.165) is 10.2 Å². The highest BCUT2D eigenvalue weighted by molar-refractivity contribution is 9.10. The number of para-hydroxylation sites is 1. The monoisotopic (exact) mass is 387 g/mol. The van der Waals surface area contributed by atoms with E-state index in [9.17, 15) is 4.79 Å². The van der Waals surface area contributed by atoms with Gasteiger partial charge in [0.25, 0.3) is 0 Å². The van der Waals surface area contributed by atoms with E-state index in [-0.39, 0.29) is 0 Å². The Morgan fingerprint density at radius 1 is 1.14 bits per heavy atom. The number of nitrogens with one attached hydrogen (secondary N) is 1. The van der Waals surface area contributed by atoms with Crippen LogP contribution in [0, 0.1) is 0 Å². The lowest BCUT2D eigenvalue weighted by Crippen LogP contribution is -2.23. The Kier molecular flexibility index (Phi) is 5.51. The van der Waals surface area contributed by atoms with Crippen molar-refractivity contribution in [1.82, 2.24) is 0 Å². The van der Waals surface area contributed by atoms with Gasteiger partial charge in [-0.25, -0.2) is 4.79 Å². The van der Waals surface area contributed by atoms with E-state index in [1.165, 1.54) is 7.11 Å². The van der Waals surface area contributed by atoms with Crippen molar-refractivity contribution in [2.45, 2.75) is 6.04 Å². The molecule has 0 aliphatic rings. The highest BCUT2D eigenvalue weighted by Gasteiger charge is 2.26. The highest BCUT2D eigenvalue weighted by Crippen LogP contribution is 2.34. The number of methoxy groups -OCH3 is 1. The molecule has 0 amide bonds. The molecular formula is C15H12BrCl2NO2. The van der Waals surface area contributed by atoms with Crippen LogP contribution in [0.15, 0.2) is 46.9 Å². The fourth-order valence-electron chi connectivity index (χ4n) is 1.89. The molecule has 0 aromatic heterocycles. The van der Waals surface area contributed by atoms with Gasteiger partial charge in [0.05, 0.1) is 7.11 Å². The summed E-state index contributed by atoms with van der Waals surface area (Å²) in [7, 11) is 1.32. The molecule has 0 heterocycles. The molecule has 1 N–H and O–H groups in total. The fraction of sp³-hybridized carbons (Fsp3) is 0.133. The number of esters is 1. The van der Waals surface area contributed by atoms with Crippen molar-refractivity contribution in [3.05, 3.63) is 62.5 Å². The van der Waals surface area contributed by atoms with E-state index in [1.807, 2.05) is 24.3 Å². The maximum atomic E-state index is 12.1. The molecule has 2 aromatic rings. The molecule has 0 fully saturated rings. The van der Waals surface area contributed by atoms with E-state index < -0.39 is 12.0 Å². The number of carbonyl (C=O) groups is 1. The van der Waals surface area contributed by atoms with Crippen LogP contribution in [0.25, 0.3) is 0 Å². The Hall–Kier alpha value is -1.23. The van der Waals surface area contributed by atoms with Gasteiger partial charge in [-0.2, -0.15) is 0 Å². The molecule has 0 spiro atoms. The third-order valence-electron chi connectivity index (χ3n) is 2.90. The normalized spacial score (nSPS) is 11.8. The van der Waals surface area contributed by atoms with Crippen molar-refractivity contribution in [2.24, 2.45) is 0 Å². The molecular weight excluding hydrogens is 377 g/mol. The zero-order valence-electron chi connectivity index (χ0n) is 11.1. The average molecular weight is 389 g/mol. The number of halogens is 3. The average Bonchev–Trinajstić information content (AvgIpc) is 2.47. The summed E-state index contributed by atoms with van der Waals surface area (Å²) in [6.07, 6.45) is 0. The summed E-state index contributed by atoms with van der Waals surface area (Å²) in [6, 6.07) is 11.7. The molecule has 21 heavy (non-hydrogen) atoms. The summed E-state index contributed by atoms with van der Waals surface area (Å²) in [5, 5.41) is 3.91. The van der Waals surface area contributed by atoms with E-state index in [4.69, 9.17) is 27.9 Å². The first-order valence-electron chi connectivity index (χ1n) is 6.07. The Morgan fingerprint density at radius 3 is 2.33 bits per heavy atom. The molecule has 0 saturated heterocycles. The SMILES string of the molecule is COC(=O)C(Nc1ccccc1Br)c1c(Cl)cccc1Cl. The second kappa shape index (κ2) is 7.16. The van der Waals surface area contributed by atoms with Gasteiger partial charge < -0.3 is 10.1 Å². The summed E-state index contributed by atoms with van der Waals surface area (Å²) in [4.78, 5) is 12.1. The highest BCUT2D eigenvalue weighted by atomic mass is 79.9. The van der Waals surface area contributed by atoms with Gasteiger partial charge in [0.2, 0.25) is 0 Å². The Labute approximate surface area is 141 Å². The van der Waals surface area contributed by atoms with Crippen LogP contribution in [0.1, 0.15) is 11.6 Å². The maximum Gasteiger partial charge on any atom is 0.333 e. The number of benzene rings is 2. The summed E-state index contributed by atoms with van der Waals surface area (Å²) >= 11 is 15.8. The van der Waals surface area contributed by atoms with E-state index in [1.54, 1.807) is 18.2 Å². The summed E-state index contributed by atoms with van der Waals surface area (Å²) < 4.78 is 5.68. The Morgan fingerprint density at radius 2 is 1.76 bits per heavy atom. The minimum atomic E-state index is -0.796. The predicted octanol–water partition coefficient (Wildman–Crippen LogP) is 5.08. The van der Waals surface area contributed by atoms with Gasteiger partial charge in [0.1, 0.15) is 0 Å². The van der Waals surface area contributed by atoms with Crippen molar-refractivity contribution in [3.8, 4) is 0 Å². The predicted molar refractivity (Wildman–Crippen MR) is 89.0 cm³/mol. The van der Waals surface area contributed by atoms with Crippen LogP contribution in [0.3, 0.4) is 0 Å². The van der Waals surface area contributed by atoms with Crippen molar-refractivity contribution in [2.75, 3.05) is 12.4 Å². The molecule has 0 aliphatic carbocycles. The van der Waals surface area contributed by atoms with Crippen LogP contribution in [-0.2, 0) is 9.53 Å². The third-order valence-corrected chi connectivity index (χ3v) is 4.25. The molecule has 2 rings (SSSR count). The van der Waals surface area contributed by atoms with Crippen molar-refractivity contribution in [1.29, 1.82) is 0 Å². The zero-order chi connectivity index (χ0) is 15.4. The van der Waals surface area contributed by atoms with Crippen LogP contribution >= 0.6 is 39.1 Å². The molecule has 0 saturated carbocycles. The van der Waals surface area contributed by atoms with Crippen LogP contribution in [0.2, 0.25) is 10.0 Å². The lowest BCUT2D eigenvalue weighted by Gasteiger charge is -2.21. The zero-order valence-corrected chi connectivity index (χ0v) is 14.2. The molecule has 1 unspecified atom stereocenters. The van der Waals surface area contributed by atoms with Gasteiger partial charge in [0.15, 0.2) is 6.04 Å². The fourth-order valence-corrected chi connectivity index (χ4v) is 2.90. The number of anilines is 1. The van der Waals surface area contributed by atoms with Crippen molar-refractivity contribution in [3.63, 3.8) is 0 Å². The van der Waals surface area contributed by atoms with Crippen molar-refractivity contribution < 1.29 is 9.53 Å². The van der Waals surface area contributed by atoms with Gasteiger partial charge >= 0.3 is 5.97 Å². The molecule has 3 nitrogen and oxygen atoms in total. The first-order chi connectivity index (χ1) is 10.0. The van der Waals surface area contributed by atoms with E-state index in [2.05, 4.69) is 21.2 Å². The number of hydrogen-bond donors (Lipinski definition) is 1. The molecule has 110 valence electrons. The minimum Gasteiger partial charge on any atom is -0.467 e. The Bertz CT molecular complexity index is 644. The van der Waals surface area contributed by atoms with E-state index >= 15 is 0 Å². The Balaban J connectivity index is 2.45. The standard InChI is InChI=1S/C15H12BrCl2NO2/c1-21-15(20)14(13-10(17)6-4-7-11(13)18)19-12-8-3-2-5-9(12)16/h2-8,14,19H,1H3. The molecule has 0 bridgehead atoms. The molecule has 0 aliphatic heterocycles. The number of hydrogen-bond acceptors (Lipinski definition) is 3. The van der Waals surface area contributed by atoms with Gasteiger partial charge in [-0.3, -0.25) is 0 Å². The number of carbonyl (C=O) groups excluding carboxylic acids is 1. The van der Waals surface area contributed by atoms with Crippen molar-refractivity contribution >= 4 is 50.8 Å². The van der Waals surface area contributed by atoms with Crippen LogP contribution in [-0.4, -0.2) is 13.1 Å². The second-order valence-electron chi connectivity index (χ2n) is 4.22. The van der Waals surface area contributed by atoms with Crippen LogP contribution < -0.4 is 5.32 Å². The summed E-state index contributed by atoms with van der Waals surface area (Å²) in [5.74, 6) is -0.472. The van der Waals surface area contributed by atoms with Gasteiger partial charge in [-0.15, -0.1) is 0 Å². The van der Waals surface area contributed by atoms with Gasteiger partial charge in [-0.05, 0) is 40.2 Å². The quantitative estimate of drug-likeness (QED) is 0.742. The third kappa shape index (κ3) is 3.70. The largest absolute Gasteiger partial charge is 0.467 e. The maximum absolute atomic E-state index is 12.1. The van der Waals surface area contributed by atoms with Gasteiger partial charge in [-0.1, -0.05) is 41.4 Å². The van der Waals surface area contributed by atoms with Gasteiger partial charge in [0, 0.05) is 25.8 Å². The molecule has 2 aromatic carbocycles. The first kappa shape index (κ1) is 16.1. The summed E-state index contributed by atoms with van der Waals surface area (Å²) in [5.41, 5.74) is 1.23.